The number of benzene rings is 2. The maximum atomic E-state index is 13.0. The second-order valence-corrected chi connectivity index (χ2v) is 8.25. The van der Waals surface area contributed by atoms with Crippen LogP contribution in [-0.2, 0) is 6.42 Å². The van der Waals surface area contributed by atoms with Crippen molar-refractivity contribution >= 4 is 34.3 Å². The van der Waals surface area contributed by atoms with Crippen molar-refractivity contribution in [3.8, 4) is 21.1 Å². The summed E-state index contributed by atoms with van der Waals surface area (Å²) in [6.45, 7) is 2.00. The lowest BCUT2D eigenvalue weighted by molar-refractivity contribution is 0.627. The van der Waals surface area contributed by atoms with Gasteiger partial charge in [0.05, 0.1) is 21.3 Å². The first kappa shape index (κ1) is 17.3. The van der Waals surface area contributed by atoms with Crippen LogP contribution in [-0.4, -0.2) is 9.97 Å². The van der Waals surface area contributed by atoms with E-state index in [1.165, 1.54) is 12.1 Å². The molecule has 0 aliphatic rings. The molecule has 4 rings (SSSR count). The predicted molar refractivity (Wildman–Crippen MR) is 108 cm³/mol. The zero-order chi connectivity index (χ0) is 18.1. The third-order valence-corrected chi connectivity index (χ3v) is 6.27. The summed E-state index contributed by atoms with van der Waals surface area (Å²) in [6, 6.07) is 14.3. The third kappa shape index (κ3) is 3.70. The molecule has 0 aliphatic heterocycles. The Bertz CT molecular complexity index is 1040. The Balaban J connectivity index is 1.59. The lowest BCUT2D eigenvalue weighted by atomic mass is 10.1. The van der Waals surface area contributed by atoms with E-state index in [1.54, 1.807) is 34.8 Å². The molecule has 2 aromatic carbocycles. The zero-order valence-electron chi connectivity index (χ0n) is 13.9. The van der Waals surface area contributed by atoms with Gasteiger partial charge < -0.3 is 0 Å². The topological polar surface area (TPSA) is 25.8 Å². The van der Waals surface area contributed by atoms with Gasteiger partial charge in [-0.3, -0.25) is 0 Å². The molecule has 2 nitrogen and oxygen atoms in total. The summed E-state index contributed by atoms with van der Waals surface area (Å²) >= 11 is 9.21. The minimum atomic E-state index is -0.219. The summed E-state index contributed by atoms with van der Waals surface area (Å²) in [6.07, 6.45) is 0.701. The van der Waals surface area contributed by atoms with Crippen molar-refractivity contribution in [1.82, 2.24) is 9.97 Å². The van der Waals surface area contributed by atoms with Crippen LogP contribution in [0, 0.1) is 12.7 Å². The fraction of sp³-hybridized carbons (Fsp3) is 0.100. The van der Waals surface area contributed by atoms with Gasteiger partial charge in [0.25, 0.3) is 0 Å². The van der Waals surface area contributed by atoms with Crippen molar-refractivity contribution in [2.24, 2.45) is 0 Å². The Morgan fingerprint density at radius 2 is 1.73 bits per heavy atom. The van der Waals surface area contributed by atoms with E-state index in [0.29, 0.717) is 11.4 Å². The van der Waals surface area contributed by atoms with Crippen LogP contribution in [0.5, 0.6) is 0 Å². The van der Waals surface area contributed by atoms with E-state index in [-0.39, 0.29) is 5.82 Å². The molecule has 2 heterocycles. The van der Waals surface area contributed by atoms with Crippen LogP contribution >= 0.6 is 34.3 Å². The summed E-state index contributed by atoms with van der Waals surface area (Å²) in [7, 11) is 0. The standard InChI is InChI=1S/C20H14ClFN2S2/c1-12-19(26-20(23-12)14-4-6-15(21)7-5-14)17-11-25-18(24-17)10-13-2-8-16(22)9-3-13/h2-9,11H,10H2,1H3. The average molecular weight is 401 g/mol. The van der Waals surface area contributed by atoms with Crippen molar-refractivity contribution < 1.29 is 4.39 Å². The Morgan fingerprint density at radius 3 is 2.46 bits per heavy atom. The third-order valence-electron chi connectivity index (χ3n) is 3.94. The first-order valence-corrected chi connectivity index (χ1v) is 10.1. The average Bonchev–Trinajstić information content (AvgIpc) is 3.24. The van der Waals surface area contributed by atoms with E-state index in [1.807, 2.05) is 31.2 Å². The van der Waals surface area contributed by atoms with Crippen LogP contribution < -0.4 is 0 Å². The fourth-order valence-corrected chi connectivity index (χ4v) is 4.68. The van der Waals surface area contributed by atoms with Gasteiger partial charge in [0.15, 0.2) is 0 Å². The molecule has 0 aliphatic carbocycles. The lowest BCUT2D eigenvalue weighted by Gasteiger charge is -1.97. The zero-order valence-corrected chi connectivity index (χ0v) is 16.3. The first-order valence-electron chi connectivity index (χ1n) is 8.01. The lowest BCUT2D eigenvalue weighted by Crippen LogP contribution is -1.88. The van der Waals surface area contributed by atoms with Gasteiger partial charge in [-0.2, -0.15) is 0 Å². The van der Waals surface area contributed by atoms with Crippen molar-refractivity contribution in [3.63, 3.8) is 0 Å². The van der Waals surface area contributed by atoms with Gasteiger partial charge >= 0.3 is 0 Å². The molecule has 6 heteroatoms. The summed E-state index contributed by atoms with van der Waals surface area (Å²) in [5.74, 6) is -0.219. The molecule has 0 amide bonds. The molecule has 0 N–H and O–H groups in total. The molecule has 0 atom stereocenters. The van der Waals surface area contributed by atoms with E-state index in [9.17, 15) is 4.39 Å². The molecular formula is C20H14ClFN2S2. The highest BCUT2D eigenvalue weighted by Gasteiger charge is 2.14. The predicted octanol–water partition coefficient (Wildman–Crippen LogP) is 6.63. The number of aryl methyl sites for hydroxylation is 1. The Morgan fingerprint density at radius 1 is 1.00 bits per heavy atom. The number of aromatic nitrogens is 2. The van der Waals surface area contributed by atoms with Crippen LogP contribution in [0.1, 0.15) is 16.3 Å². The number of hydrogen-bond acceptors (Lipinski definition) is 4. The minimum absolute atomic E-state index is 0.219. The second kappa shape index (κ2) is 7.27. The van der Waals surface area contributed by atoms with Gasteiger partial charge in [-0.15, -0.1) is 22.7 Å². The molecule has 0 saturated heterocycles. The summed E-state index contributed by atoms with van der Waals surface area (Å²) < 4.78 is 13.0. The van der Waals surface area contributed by atoms with Crippen molar-refractivity contribution in [1.29, 1.82) is 0 Å². The smallest absolute Gasteiger partial charge is 0.124 e. The van der Waals surface area contributed by atoms with Crippen molar-refractivity contribution in [3.05, 3.63) is 81.0 Å². The highest BCUT2D eigenvalue weighted by atomic mass is 35.5. The Kier molecular flexibility index (Phi) is 4.85. The van der Waals surface area contributed by atoms with Crippen LogP contribution in [0.4, 0.5) is 4.39 Å². The van der Waals surface area contributed by atoms with Crippen LogP contribution in [0.15, 0.2) is 53.9 Å². The van der Waals surface area contributed by atoms with Crippen LogP contribution in [0.3, 0.4) is 0 Å². The monoisotopic (exact) mass is 400 g/mol. The number of nitrogens with zero attached hydrogens (tertiary/aromatic N) is 2. The maximum absolute atomic E-state index is 13.0. The molecule has 0 spiro atoms. The maximum Gasteiger partial charge on any atom is 0.124 e. The fourth-order valence-electron chi connectivity index (χ4n) is 2.62. The van der Waals surface area contributed by atoms with Gasteiger partial charge in [0.2, 0.25) is 0 Å². The molecule has 0 saturated carbocycles. The second-order valence-electron chi connectivity index (χ2n) is 5.87. The quantitative estimate of drug-likeness (QED) is 0.384. The van der Waals surface area contributed by atoms with E-state index < -0.39 is 0 Å². The number of rotatable bonds is 4. The van der Waals surface area contributed by atoms with Crippen LogP contribution in [0.2, 0.25) is 5.02 Å². The highest BCUT2D eigenvalue weighted by Crippen LogP contribution is 2.36. The Hall–Kier alpha value is -2.08. The molecule has 26 heavy (non-hydrogen) atoms. The van der Waals surface area contributed by atoms with E-state index in [2.05, 4.69) is 10.4 Å². The molecule has 0 bridgehead atoms. The number of hydrogen-bond donors (Lipinski definition) is 0. The molecule has 0 fully saturated rings. The number of thiazole rings is 2. The molecular weight excluding hydrogens is 387 g/mol. The first-order chi connectivity index (χ1) is 12.6. The summed E-state index contributed by atoms with van der Waals surface area (Å²) in [5.41, 5.74) is 4.02. The molecule has 0 radical (unpaired) electrons. The van der Waals surface area contributed by atoms with Gasteiger partial charge in [-0.1, -0.05) is 35.9 Å². The van der Waals surface area contributed by atoms with E-state index in [0.717, 1.165) is 37.4 Å². The SMILES string of the molecule is Cc1nc(-c2ccc(Cl)cc2)sc1-c1csc(Cc2ccc(F)cc2)n1. The van der Waals surface area contributed by atoms with Crippen LogP contribution in [0.25, 0.3) is 21.1 Å². The van der Waals surface area contributed by atoms with E-state index in [4.69, 9.17) is 16.6 Å². The highest BCUT2D eigenvalue weighted by molar-refractivity contribution is 7.19. The molecule has 2 aromatic heterocycles. The summed E-state index contributed by atoms with van der Waals surface area (Å²) in [4.78, 5) is 10.5. The van der Waals surface area contributed by atoms with Gasteiger partial charge in [-0.05, 0) is 36.8 Å². The summed E-state index contributed by atoms with van der Waals surface area (Å²) in [5, 5.41) is 4.74. The van der Waals surface area contributed by atoms with Gasteiger partial charge in [-0.25, -0.2) is 14.4 Å². The van der Waals surface area contributed by atoms with Crippen molar-refractivity contribution in [2.75, 3.05) is 0 Å². The molecule has 130 valence electrons. The molecule has 0 unspecified atom stereocenters. The number of halogens is 2. The van der Waals surface area contributed by atoms with Crippen molar-refractivity contribution in [2.45, 2.75) is 13.3 Å². The minimum Gasteiger partial charge on any atom is -0.241 e. The Labute approximate surface area is 164 Å². The van der Waals surface area contributed by atoms with E-state index >= 15 is 0 Å². The van der Waals surface area contributed by atoms with Gasteiger partial charge in [0, 0.05) is 22.4 Å². The largest absolute Gasteiger partial charge is 0.241 e. The molecule has 4 aromatic rings. The van der Waals surface area contributed by atoms with Gasteiger partial charge in [0.1, 0.15) is 10.8 Å². The normalized spacial score (nSPS) is 11.0.